The van der Waals surface area contributed by atoms with E-state index < -0.39 is 5.82 Å². The molecule has 22 heavy (non-hydrogen) atoms. The number of nitrogens with one attached hydrogen (secondary N) is 2. The molecule has 3 aromatic rings. The van der Waals surface area contributed by atoms with Gasteiger partial charge < -0.3 is 15.0 Å². The number of aryl methyl sites for hydroxylation is 1. The fourth-order valence-corrected chi connectivity index (χ4v) is 2.28. The maximum absolute atomic E-state index is 13.7. The molecule has 0 fully saturated rings. The van der Waals surface area contributed by atoms with Gasteiger partial charge in [-0.05, 0) is 42.8 Å². The highest BCUT2D eigenvalue weighted by Crippen LogP contribution is 2.22. The molecule has 0 aliphatic heterocycles. The van der Waals surface area contributed by atoms with Gasteiger partial charge in [0.2, 0.25) is 0 Å². The molecule has 112 valence electrons. The van der Waals surface area contributed by atoms with E-state index in [0.29, 0.717) is 11.4 Å². The monoisotopic (exact) mass is 298 g/mol. The largest absolute Gasteiger partial charge is 0.497 e. The summed E-state index contributed by atoms with van der Waals surface area (Å²) < 4.78 is 18.9. The van der Waals surface area contributed by atoms with E-state index in [1.54, 1.807) is 31.4 Å². The first-order valence-corrected chi connectivity index (χ1v) is 6.81. The number of halogens is 1. The van der Waals surface area contributed by atoms with Gasteiger partial charge in [-0.2, -0.15) is 0 Å². The van der Waals surface area contributed by atoms with Crippen LogP contribution >= 0.6 is 0 Å². The first-order chi connectivity index (χ1) is 10.6. The van der Waals surface area contributed by atoms with Crippen LogP contribution in [0.15, 0.2) is 42.5 Å². The molecule has 1 heterocycles. The molecule has 2 N–H and O–H groups in total. The van der Waals surface area contributed by atoms with Gasteiger partial charge in [0, 0.05) is 17.0 Å². The normalized spacial score (nSPS) is 10.7. The lowest BCUT2D eigenvalue weighted by molar-refractivity contribution is 0.102. The van der Waals surface area contributed by atoms with Crippen molar-refractivity contribution in [1.82, 2.24) is 4.98 Å². The average Bonchev–Trinajstić information content (AvgIpc) is 2.94. The second-order valence-electron chi connectivity index (χ2n) is 5.07. The summed E-state index contributed by atoms with van der Waals surface area (Å²) in [6, 6.07) is 11.8. The van der Waals surface area contributed by atoms with Gasteiger partial charge in [0.15, 0.2) is 0 Å². The number of aromatic nitrogens is 1. The number of methoxy groups -OCH3 is 1. The van der Waals surface area contributed by atoms with Crippen molar-refractivity contribution in [3.05, 3.63) is 59.5 Å². The van der Waals surface area contributed by atoms with Crippen molar-refractivity contribution in [2.75, 3.05) is 12.4 Å². The smallest absolute Gasteiger partial charge is 0.272 e. The highest BCUT2D eigenvalue weighted by molar-refractivity contribution is 6.06. The highest BCUT2D eigenvalue weighted by atomic mass is 19.1. The molecular weight excluding hydrogens is 283 g/mol. The van der Waals surface area contributed by atoms with Crippen LogP contribution in [0, 0.1) is 12.7 Å². The number of hydrogen-bond acceptors (Lipinski definition) is 2. The van der Waals surface area contributed by atoms with Crippen molar-refractivity contribution in [1.29, 1.82) is 0 Å². The van der Waals surface area contributed by atoms with Crippen molar-refractivity contribution in [3.63, 3.8) is 0 Å². The van der Waals surface area contributed by atoms with Crippen LogP contribution in [0.4, 0.5) is 10.1 Å². The number of hydrogen-bond donors (Lipinski definition) is 2. The van der Waals surface area contributed by atoms with E-state index in [1.165, 1.54) is 6.07 Å². The summed E-state index contributed by atoms with van der Waals surface area (Å²) in [7, 11) is 1.58. The van der Waals surface area contributed by atoms with Crippen LogP contribution in [0.1, 0.15) is 16.1 Å². The Labute approximate surface area is 126 Å². The molecule has 3 rings (SSSR count). The van der Waals surface area contributed by atoms with E-state index in [-0.39, 0.29) is 11.6 Å². The Bertz CT molecular complexity index is 855. The average molecular weight is 298 g/mol. The molecule has 0 radical (unpaired) electrons. The van der Waals surface area contributed by atoms with Gasteiger partial charge in [0.05, 0.1) is 12.8 Å². The van der Waals surface area contributed by atoms with Gasteiger partial charge in [-0.3, -0.25) is 4.79 Å². The molecule has 0 saturated carbocycles. The van der Waals surface area contributed by atoms with Crippen molar-refractivity contribution < 1.29 is 13.9 Å². The van der Waals surface area contributed by atoms with Gasteiger partial charge in [-0.15, -0.1) is 0 Å². The van der Waals surface area contributed by atoms with E-state index in [0.717, 1.165) is 16.5 Å². The maximum Gasteiger partial charge on any atom is 0.272 e. The quantitative estimate of drug-likeness (QED) is 0.771. The third-order valence-electron chi connectivity index (χ3n) is 3.44. The molecular formula is C17H15FN2O2. The Morgan fingerprint density at radius 3 is 2.77 bits per heavy atom. The SMILES string of the molecule is COc1ccc2cc(C(=O)Nc3cc(C)ccc3F)[nH]c2c1. The second kappa shape index (κ2) is 5.52. The van der Waals surface area contributed by atoms with Crippen LogP contribution in [-0.2, 0) is 0 Å². The Hall–Kier alpha value is -2.82. The number of anilines is 1. The van der Waals surface area contributed by atoms with Crippen LogP contribution in [0.5, 0.6) is 5.75 Å². The van der Waals surface area contributed by atoms with E-state index in [2.05, 4.69) is 10.3 Å². The lowest BCUT2D eigenvalue weighted by atomic mass is 10.2. The Balaban J connectivity index is 1.90. The zero-order chi connectivity index (χ0) is 15.7. The van der Waals surface area contributed by atoms with Crippen LogP contribution in [0.3, 0.4) is 0 Å². The van der Waals surface area contributed by atoms with Gasteiger partial charge in [0.1, 0.15) is 17.3 Å². The van der Waals surface area contributed by atoms with Crippen molar-refractivity contribution >= 4 is 22.5 Å². The van der Waals surface area contributed by atoms with E-state index >= 15 is 0 Å². The zero-order valence-corrected chi connectivity index (χ0v) is 12.2. The molecule has 0 unspecified atom stereocenters. The lowest BCUT2D eigenvalue weighted by Crippen LogP contribution is -2.13. The number of H-pyrrole nitrogens is 1. The minimum Gasteiger partial charge on any atom is -0.497 e. The molecule has 0 aliphatic carbocycles. The Morgan fingerprint density at radius 1 is 1.18 bits per heavy atom. The fourth-order valence-electron chi connectivity index (χ4n) is 2.28. The summed E-state index contributed by atoms with van der Waals surface area (Å²) in [6.07, 6.45) is 0. The fraction of sp³-hybridized carbons (Fsp3) is 0.118. The summed E-state index contributed by atoms with van der Waals surface area (Å²) in [6.45, 7) is 1.84. The summed E-state index contributed by atoms with van der Waals surface area (Å²) in [5.74, 6) is -0.151. The third kappa shape index (κ3) is 2.65. The van der Waals surface area contributed by atoms with Crippen molar-refractivity contribution in [2.45, 2.75) is 6.92 Å². The Morgan fingerprint density at radius 2 is 2.00 bits per heavy atom. The summed E-state index contributed by atoms with van der Waals surface area (Å²) in [5.41, 5.74) is 2.19. The number of benzene rings is 2. The van der Waals surface area contributed by atoms with Crippen LogP contribution in [0.25, 0.3) is 10.9 Å². The second-order valence-corrected chi connectivity index (χ2v) is 5.07. The molecule has 0 spiro atoms. The van der Waals surface area contributed by atoms with Crippen LogP contribution < -0.4 is 10.1 Å². The van der Waals surface area contributed by atoms with E-state index in [9.17, 15) is 9.18 Å². The molecule has 4 nitrogen and oxygen atoms in total. The van der Waals surface area contributed by atoms with Gasteiger partial charge in [-0.1, -0.05) is 6.07 Å². The summed E-state index contributed by atoms with van der Waals surface area (Å²) >= 11 is 0. The third-order valence-corrected chi connectivity index (χ3v) is 3.44. The topological polar surface area (TPSA) is 54.1 Å². The molecule has 1 aromatic heterocycles. The number of carbonyl (C=O) groups is 1. The first kappa shape index (κ1) is 14.1. The summed E-state index contributed by atoms with van der Waals surface area (Å²) in [4.78, 5) is 15.3. The molecule has 0 saturated heterocycles. The number of aromatic amines is 1. The lowest BCUT2D eigenvalue weighted by Gasteiger charge is -2.06. The number of amides is 1. The minimum absolute atomic E-state index is 0.168. The van der Waals surface area contributed by atoms with Crippen LogP contribution in [-0.4, -0.2) is 18.0 Å². The first-order valence-electron chi connectivity index (χ1n) is 6.81. The van der Waals surface area contributed by atoms with Crippen molar-refractivity contribution in [2.24, 2.45) is 0 Å². The number of rotatable bonds is 3. The maximum atomic E-state index is 13.7. The zero-order valence-electron chi connectivity index (χ0n) is 12.2. The standard InChI is InChI=1S/C17H15FN2O2/c1-10-3-6-13(18)15(7-10)20-17(21)16-8-11-4-5-12(22-2)9-14(11)19-16/h3-9,19H,1-2H3,(H,20,21). The predicted octanol–water partition coefficient (Wildman–Crippen LogP) is 3.88. The highest BCUT2D eigenvalue weighted by Gasteiger charge is 2.12. The van der Waals surface area contributed by atoms with E-state index in [4.69, 9.17) is 4.74 Å². The van der Waals surface area contributed by atoms with Gasteiger partial charge in [0.25, 0.3) is 5.91 Å². The van der Waals surface area contributed by atoms with Crippen LogP contribution in [0.2, 0.25) is 0 Å². The molecule has 0 atom stereocenters. The molecule has 5 heteroatoms. The van der Waals surface area contributed by atoms with Gasteiger partial charge >= 0.3 is 0 Å². The number of carbonyl (C=O) groups excluding carboxylic acids is 1. The Kier molecular flexibility index (Phi) is 3.55. The van der Waals surface area contributed by atoms with Gasteiger partial charge in [-0.25, -0.2) is 4.39 Å². The molecule has 0 aliphatic rings. The van der Waals surface area contributed by atoms with E-state index in [1.807, 2.05) is 19.1 Å². The predicted molar refractivity (Wildman–Crippen MR) is 83.9 cm³/mol. The van der Waals surface area contributed by atoms with Crippen molar-refractivity contribution in [3.8, 4) is 5.75 Å². The summed E-state index contributed by atoms with van der Waals surface area (Å²) in [5, 5.41) is 3.47. The number of fused-ring (bicyclic) bond motifs is 1. The molecule has 1 amide bonds. The molecule has 0 bridgehead atoms. The number of ether oxygens (including phenoxy) is 1. The minimum atomic E-state index is -0.461. The molecule has 2 aromatic carbocycles.